The van der Waals surface area contributed by atoms with Gasteiger partial charge in [-0.05, 0) is 51.4 Å². The van der Waals surface area contributed by atoms with Crippen LogP contribution in [-0.4, -0.2) is 40.9 Å². The van der Waals surface area contributed by atoms with Crippen molar-refractivity contribution in [2.24, 2.45) is 0 Å². The molecule has 0 aliphatic carbocycles. The average molecular weight is 353 g/mol. The number of halogens is 1. The Kier molecular flexibility index (Phi) is 5.27. The predicted molar refractivity (Wildman–Crippen MR) is 93.7 cm³/mol. The monoisotopic (exact) mass is 352 g/mol. The third-order valence-electron chi connectivity index (χ3n) is 4.28. The van der Waals surface area contributed by atoms with Gasteiger partial charge in [0.15, 0.2) is 10.9 Å². The van der Waals surface area contributed by atoms with E-state index in [4.69, 9.17) is 20.9 Å². The van der Waals surface area contributed by atoms with E-state index < -0.39 is 18.3 Å². The number of carbonyl (C=O) groups excluding carboxylic acids is 1. The quantitative estimate of drug-likeness (QED) is 0.643. The van der Waals surface area contributed by atoms with Gasteiger partial charge in [-0.15, -0.1) is 0 Å². The molecule has 8 heteroatoms. The summed E-state index contributed by atoms with van der Waals surface area (Å²) in [7, 11) is -0.615. The van der Waals surface area contributed by atoms with Gasteiger partial charge in [0.05, 0.1) is 16.9 Å². The van der Waals surface area contributed by atoms with Crippen LogP contribution in [0.15, 0.2) is 17.6 Å². The molecule has 0 aromatic carbocycles. The van der Waals surface area contributed by atoms with Gasteiger partial charge in [0, 0.05) is 13.5 Å². The minimum Gasteiger partial charge on any atom is -0.505 e. The molecule has 0 saturated carbocycles. The van der Waals surface area contributed by atoms with E-state index in [1.165, 1.54) is 13.0 Å². The number of amides is 1. The number of hydrogen-bond acceptors (Lipinski definition) is 5. The van der Waals surface area contributed by atoms with Crippen LogP contribution >= 0.6 is 11.6 Å². The third-order valence-corrected chi connectivity index (χ3v) is 4.56. The van der Waals surface area contributed by atoms with Crippen molar-refractivity contribution < 1.29 is 19.2 Å². The molecule has 1 aliphatic rings. The zero-order valence-corrected chi connectivity index (χ0v) is 15.3. The topological polar surface area (TPSA) is 80.7 Å². The molecule has 2 rings (SSSR count). The molecule has 1 fully saturated rings. The van der Waals surface area contributed by atoms with E-state index in [0.29, 0.717) is 11.2 Å². The number of aromatic hydroxyl groups is 1. The number of hydrogen-bond donors (Lipinski definition) is 2. The van der Waals surface area contributed by atoms with Gasteiger partial charge >= 0.3 is 7.12 Å². The summed E-state index contributed by atoms with van der Waals surface area (Å²) in [5.74, 6) is -0.248. The summed E-state index contributed by atoms with van der Waals surface area (Å²) >= 11 is 5.85. The highest BCUT2D eigenvalue weighted by molar-refractivity contribution is 6.56. The van der Waals surface area contributed by atoms with E-state index in [0.717, 1.165) is 0 Å². The SMILES string of the molecule is CC(=O)NCC(=Cc1ccc(O)c(Cl)n1)B1OC(C)(C)C(C)(C)O1. The Bertz CT molecular complexity index is 660. The van der Waals surface area contributed by atoms with Gasteiger partial charge in [0.2, 0.25) is 5.91 Å². The second-order valence-corrected chi connectivity index (χ2v) is 7.12. The number of nitrogens with zero attached hydrogens (tertiary/aromatic N) is 1. The molecule has 0 bridgehead atoms. The third kappa shape index (κ3) is 4.09. The van der Waals surface area contributed by atoms with Crippen molar-refractivity contribution in [3.05, 3.63) is 28.5 Å². The summed E-state index contributed by atoms with van der Waals surface area (Å²) in [6.07, 6.45) is 1.74. The number of pyridine rings is 1. The lowest BCUT2D eigenvalue weighted by molar-refractivity contribution is -0.118. The zero-order valence-electron chi connectivity index (χ0n) is 14.5. The van der Waals surface area contributed by atoms with Crippen LogP contribution in [-0.2, 0) is 14.1 Å². The molecular formula is C16H22BClN2O4. The molecule has 0 spiro atoms. The maximum atomic E-state index is 11.3. The van der Waals surface area contributed by atoms with E-state index in [1.54, 1.807) is 12.1 Å². The second kappa shape index (κ2) is 6.74. The van der Waals surface area contributed by atoms with Gasteiger partial charge in [-0.3, -0.25) is 4.79 Å². The van der Waals surface area contributed by atoms with Gasteiger partial charge in [0.1, 0.15) is 0 Å². The van der Waals surface area contributed by atoms with Crippen LogP contribution in [0.1, 0.15) is 40.3 Å². The Morgan fingerprint density at radius 1 is 1.33 bits per heavy atom. The smallest absolute Gasteiger partial charge is 0.492 e. The molecule has 2 heterocycles. The lowest BCUT2D eigenvalue weighted by Crippen LogP contribution is -2.41. The minimum absolute atomic E-state index is 0.0107. The lowest BCUT2D eigenvalue weighted by Gasteiger charge is -2.32. The van der Waals surface area contributed by atoms with Gasteiger partial charge in [-0.25, -0.2) is 4.98 Å². The minimum atomic E-state index is -0.615. The van der Waals surface area contributed by atoms with Crippen molar-refractivity contribution in [3.8, 4) is 5.75 Å². The molecule has 0 radical (unpaired) electrons. The van der Waals surface area contributed by atoms with Crippen LogP contribution < -0.4 is 5.32 Å². The number of rotatable bonds is 4. The number of aromatic nitrogens is 1. The Hall–Kier alpha value is -1.57. The normalized spacial score (nSPS) is 19.4. The van der Waals surface area contributed by atoms with Crippen LogP contribution in [0.3, 0.4) is 0 Å². The first-order valence-corrected chi connectivity index (χ1v) is 8.06. The fraction of sp³-hybridized carbons (Fsp3) is 0.500. The Labute approximate surface area is 147 Å². The molecule has 130 valence electrons. The van der Waals surface area contributed by atoms with Crippen molar-refractivity contribution in [2.75, 3.05) is 6.54 Å². The largest absolute Gasteiger partial charge is 0.505 e. The highest BCUT2D eigenvalue weighted by Gasteiger charge is 2.52. The van der Waals surface area contributed by atoms with Gasteiger partial charge < -0.3 is 19.7 Å². The van der Waals surface area contributed by atoms with Crippen molar-refractivity contribution >= 4 is 30.7 Å². The maximum Gasteiger partial charge on any atom is 0.492 e. The van der Waals surface area contributed by atoms with Crippen molar-refractivity contribution in [1.82, 2.24) is 10.3 Å². The van der Waals surface area contributed by atoms with Crippen LogP contribution in [0.25, 0.3) is 6.08 Å². The highest BCUT2D eigenvalue weighted by atomic mass is 35.5. The summed E-state index contributed by atoms with van der Waals surface area (Å²) in [5.41, 5.74) is 0.256. The summed E-state index contributed by atoms with van der Waals surface area (Å²) in [4.78, 5) is 15.4. The predicted octanol–water partition coefficient (Wildman–Crippen LogP) is 2.59. The first kappa shape index (κ1) is 18.8. The molecule has 6 nitrogen and oxygen atoms in total. The molecule has 1 saturated heterocycles. The average Bonchev–Trinajstić information content (AvgIpc) is 2.67. The number of carbonyl (C=O) groups is 1. The van der Waals surface area contributed by atoms with Gasteiger partial charge in [0.25, 0.3) is 0 Å². The molecule has 0 atom stereocenters. The Morgan fingerprint density at radius 3 is 2.42 bits per heavy atom. The van der Waals surface area contributed by atoms with Gasteiger partial charge in [-0.1, -0.05) is 11.6 Å². The van der Waals surface area contributed by atoms with E-state index in [-0.39, 0.29) is 23.4 Å². The molecule has 2 N–H and O–H groups in total. The second-order valence-electron chi connectivity index (χ2n) is 6.76. The molecule has 1 aromatic heterocycles. The maximum absolute atomic E-state index is 11.3. The molecule has 1 amide bonds. The van der Waals surface area contributed by atoms with Crippen molar-refractivity contribution in [2.45, 2.75) is 45.8 Å². The molecule has 1 aromatic rings. The van der Waals surface area contributed by atoms with Crippen molar-refractivity contribution in [3.63, 3.8) is 0 Å². The van der Waals surface area contributed by atoms with Crippen molar-refractivity contribution in [1.29, 1.82) is 0 Å². The van der Waals surface area contributed by atoms with Crippen LogP contribution in [0.2, 0.25) is 5.15 Å². The Morgan fingerprint density at radius 2 is 1.92 bits per heavy atom. The van der Waals surface area contributed by atoms with E-state index in [1.807, 2.05) is 27.7 Å². The summed E-state index contributed by atoms with van der Waals surface area (Å²) < 4.78 is 12.1. The van der Waals surface area contributed by atoms with Crippen LogP contribution in [0.4, 0.5) is 0 Å². The highest BCUT2D eigenvalue weighted by Crippen LogP contribution is 2.38. The first-order chi connectivity index (χ1) is 11.0. The summed E-state index contributed by atoms with van der Waals surface area (Å²) in [6.45, 7) is 9.53. The van der Waals surface area contributed by atoms with E-state index in [9.17, 15) is 9.90 Å². The fourth-order valence-electron chi connectivity index (χ4n) is 2.13. The molecular weight excluding hydrogens is 330 g/mol. The molecule has 1 aliphatic heterocycles. The standard InChI is InChI=1S/C16H22BClN2O4/c1-10(21)19-9-11(8-12-6-7-13(22)14(18)20-12)17-23-15(2,3)16(4,5)24-17/h6-8,22H,9H2,1-5H3,(H,19,21). The van der Waals surface area contributed by atoms with Crippen LogP contribution in [0, 0.1) is 0 Å². The van der Waals surface area contributed by atoms with Crippen LogP contribution in [0.5, 0.6) is 5.75 Å². The summed E-state index contributed by atoms with van der Waals surface area (Å²) in [6, 6.07) is 3.08. The lowest BCUT2D eigenvalue weighted by atomic mass is 9.77. The first-order valence-electron chi connectivity index (χ1n) is 7.68. The summed E-state index contributed by atoms with van der Waals surface area (Å²) in [5, 5.41) is 12.2. The molecule has 0 unspecified atom stereocenters. The molecule has 24 heavy (non-hydrogen) atoms. The number of nitrogens with one attached hydrogen (secondary N) is 1. The fourth-order valence-corrected chi connectivity index (χ4v) is 2.30. The van der Waals surface area contributed by atoms with E-state index >= 15 is 0 Å². The zero-order chi connectivity index (χ0) is 18.1. The van der Waals surface area contributed by atoms with Gasteiger partial charge in [-0.2, -0.15) is 0 Å². The Balaban J connectivity index is 2.33. The van der Waals surface area contributed by atoms with E-state index in [2.05, 4.69) is 10.3 Å².